The van der Waals surface area contributed by atoms with E-state index >= 15 is 0 Å². The minimum atomic E-state index is 0.567. The quantitative estimate of drug-likeness (QED) is 0.816. The molecule has 3 heteroatoms. The van der Waals surface area contributed by atoms with Gasteiger partial charge < -0.3 is 5.32 Å². The first-order valence-corrected chi connectivity index (χ1v) is 5.81. The molecule has 0 radical (unpaired) electrons. The van der Waals surface area contributed by atoms with Crippen LogP contribution < -0.4 is 5.32 Å². The fourth-order valence-corrected chi connectivity index (χ4v) is 2.91. The first-order valence-electron chi connectivity index (χ1n) is 4.61. The van der Waals surface area contributed by atoms with Gasteiger partial charge in [0.05, 0.1) is 4.34 Å². The van der Waals surface area contributed by atoms with Crippen molar-refractivity contribution >= 4 is 22.9 Å². The molecule has 1 aromatic heterocycles. The number of halogens is 1. The first-order chi connectivity index (χ1) is 6.19. The van der Waals surface area contributed by atoms with Crippen LogP contribution in [0.15, 0.2) is 6.07 Å². The number of rotatable bonds is 4. The number of thiophene rings is 1. The molecule has 0 aliphatic heterocycles. The van der Waals surface area contributed by atoms with Crippen molar-refractivity contribution in [1.82, 2.24) is 5.32 Å². The highest BCUT2D eigenvalue weighted by atomic mass is 35.5. The number of hydrogen-bond acceptors (Lipinski definition) is 2. The van der Waals surface area contributed by atoms with E-state index in [9.17, 15) is 0 Å². The lowest BCUT2D eigenvalue weighted by atomic mass is 10.0. The summed E-state index contributed by atoms with van der Waals surface area (Å²) in [5.41, 5.74) is 1.40. The molecule has 0 saturated heterocycles. The smallest absolute Gasteiger partial charge is 0.0934 e. The van der Waals surface area contributed by atoms with Gasteiger partial charge in [0.1, 0.15) is 0 Å². The van der Waals surface area contributed by atoms with Crippen LogP contribution in [0.5, 0.6) is 0 Å². The molecule has 1 nitrogen and oxygen atoms in total. The van der Waals surface area contributed by atoms with E-state index in [4.69, 9.17) is 11.6 Å². The molecule has 1 aromatic rings. The molecule has 0 fully saturated rings. The van der Waals surface area contributed by atoms with Crippen molar-refractivity contribution < 1.29 is 0 Å². The topological polar surface area (TPSA) is 12.0 Å². The van der Waals surface area contributed by atoms with Crippen molar-refractivity contribution in [3.8, 4) is 0 Å². The second-order valence-corrected chi connectivity index (χ2v) is 4.97. The maximum absolute atomic E-state index is 5.99. The number of likely N-dealkylation sites (N-methyl/N-ethyl adjacent to an activating group) is 1. The highest BCUT2D eigenvalue weighted by molar-refractivity contribution is 7.16. The Bertz CT molecular complexity index is 270. The van der Waals surface area contributed by atoms with Gasteiger partial charge in [-0.3, -0.25) is 0 Å². The molecule has 1 unspecified atom stereocenters. The van der Waals surface area contributed by atoms with Crippen molar-refractivity contribution in [1.29, 1.82) is 0 Å². The summed E-state index contributed by atoms with van der Waals surface area (Å²) in [5.74, 6) is 0.567. The lowest BCUT2D eigenvalue weighted by Gasteiger charge is -2.10. The summed E-state index contributed by atoms with van der Waals surface area (Å²) in [5, 5.41) is 3.19. The maximum Gasteiger partial charge on any atom is 0.0934 e. The number of hydrogen-bond donors (Lipinski definition) is 1. The Morgan fingerprint density at radius 3 is 2.85 bits per heavy atom. The third kappa shape index (κ3) is 2.70. The Morgan fingerprint density at radius 2 is 2.31 bits per heavy atom. The number of nitrogens with one attached hydrogen (secondary N) is 1. The van der Waals surface area contributed by atoms with Crippen LogP contribution >= 0.6 is 22.9 Å². The predicted octanol–water partition coefficient (Wildman–Crippen LogP) is 3.29. The summed E-state index contributed by atoms with van der Waals surface area (Å²) in [6.07, 6.45) is 1.08. The van der Waals surface area contributed by atoms with Gasteiger partial charge in [0.15, 0.2) is 0 Å². The SMILES string of the molecule is CCc1cc(Cl)sc1C(C)CNC. The maximum atomic E-state index is 5.99. The van der Waals surface area contributed by atoms with E-state index in [1.54, 1.807) is 11.3 Å². The van der Waals surface area contributed by atoms with E-state index in [1.165, 1.54) is 10.4 Å². The van der Waals surface area contributed by atoms with Gasteiger partial charge in [0, 0.05) is 17.3 Å². The zero-order valence-electron chi connectivity index (χ0n) is 8.36. The average Bonchev–Trinajstić information content (AvgIpc) is 2.47. The van der Waals surface area contributed by atoms with Crippen LogP contribution in [0.4, 0.5) is 0 Å². The second-order valence-electron chi connectivity index (χ2n) is 3.25. The first kappa shape index (κ1) is 11.0. The van der Waals surface area contributed by atoms with E-state index in [1.807, 2.05) is 7.05 Å². The van der Waals surface area contributed by atoms with Crippen molar-refractivity contribution in [2.24, 2.45) is 0 Å². The van der Waals surface area contributed by atoms with Gasteiger partial charge in [0.2, 0.25) is 0 Å². The summed E-state index contributed by atoms with van der Waals surface area (Å²) >= 11 is 7.70. The summed E-state index contributed by atoms with van der Waals surface area (Å²) < 4.78 is 0.912. The molecule has 0 bridgehead atoms. The molecule has 0 aromatic carbocycles. The molecule has 0 aliphatic carbocycles. The molecule has 74 valence electrons. The minimum Gasteiger partial charge on any atom is -0.319 e. The van der Waals surface area contributed by atoms with Crippen LogP contribution in [0.1, 0.15) is 30.2 Å². The highest BCUT2D eigenvalue weighted by Gasteiger charge is 2.12. The lowest BCUT2D eigenvalue weighted by Crippen LogP contribution is -2.14. The zero-order chi connectivity index (χ0) is 9.84. The van der Waals surface area contributed by atoms with Crippen molar-refractivity contribution in [2.45, 2.75) is 26.2 Å². The second kappa shape index (κ2) is 4.99. The van der Waals surface area contributed by atoms with Crippen LogP contribution in [-0.4, -0.2) is 13.6 Å². The van der Waals surface area contributed by atoms with E-state index in [0.29, 0.717) is 5.92 Å². The summed E-state index contributed by atoms with van der Waals surface area (Å²) in [4.78, 5) is 1.43. The van der Waals surface area contributed by atoms with Crippen LogP contribution in [-0.2, 0) is 6.42 Å². The molecular weight excluding hydrogens is 202 g/mol. The van der Waals surface area contributed by atoms with Crippen LogP contribution in [0, 0.1) is 0 Å². The lowest BCUT2D eigenvalue weighted by molar-refractivity contribution is 0.682. The van der Waals surface area contributed by atoms with Gasteiger partial charge in [0.25, 0.3) is 0 Å². The van der Waals surface area contributed by atoms with E-state index in [-0.39, 0.29) is 0 Å². The Balaban J connectivity index is 2.84. The van der Waals surface area contributed by atoms with E-state index < -0.39 is 0 Å². The van der Waals surface area contributed by atoms with Gasteiger partial charge in [-0.1, -0.05) is 25.4 Å². The molecule has 1 N–H and O–H groups in total. The fraction of sp³-hybridized carbons (Fsp3) is 0.600. The van der Waals surface area contributed by atoms with Crippen molar-refractivity contribution in [3.63, 3.8) is 0 Å². The average molecular weight is 218 g/mol. The summed E-state index contributed by atoms with van der Waals surface area (Å²) in [7, 11) is 1.98. The van der Waals surface area contributed by atoms with E-state index in [2.05, 4.69) is 25.2 Å². The molecule has 0 aliphatic rings. The Hall–Kier alpha value is -0.0500. The summed E-state index contributed by atoms with van der Waals surface area (Å²) in [6.45, 7) is 5.43. The molecule has 0 spiro atoms. The zero-order valence-corrected chi connectivity index (χ0v) is 9.93. The molecule has 0 saturated carbocycles. The van der Waals surface area contributed by atoms with Crippen molar-refractivity contribution in [2.75, 3.05) is 13.6 Å². The molecule has 13 heavy (non-hydrogen) atoms. The monoisotopic (exact) mass is 217 g/mol. The van der Waals surface area contributed by atoms with Crippen LogP contribution in [0.25, 0.3) is 0 Å². The summed E-state index contributed by atoms with van der Waals surface area (Å²) in [6, 6.07) is 2.09. The minimum absolute atomic E-state index is 0.567. The standard InChI is InChI=1S/C10H16ClNS/c1-4-8-5-9(11)13-10(8)7(2)6-12-3/h5,7,12H,4,6H2,1-3H3. The highest BCUT2D eigenvalue weighted by Crippen LogP contribution is 2.32. The van der Waals surface area contributed by atoms with Crippen LogP contribution in [0.2, 0.25) is 4.34 Å². The Labute approximate surface area is 89.1 Å². The van der Waals surface area contributed by atoms with Gasteiger partial charge in [-0.05, 0) is 25.1 Å². The van der Waals surface area contributed by atoms with Crippen LogP contribution in [0.3, 0.4) is 0 Å². The normalized spacial score (nSPS) is 13.2. The Morgan fingerprint density at radius 1 is 1.62 bits per heavy atom. The van der Waals surface area contributed by atoms with Gasteiger partial charge in [-0.25, -0.2) is 0 Å². The predicted molar refractivity (Wildman–Crippen MR) is 61.0 cm³/mol. The van der Waals surface area contributed by atoms with Gasteiger partial charge in [-0.2, -0.15) is 0 Å². The fourth-order valence-electron chi connectivity index (χ4n) is 1.50. The molecule has 1 rings (SSSR count). The molecule has 0 amide bonds. The van der Waals surface area contributed by atoms with Crippen molar-refractivity contribution in [3.05, 3.63) is 20.8 Å². The van der Waals surface area contributed by atoms with E-state index in [0.717, 1.165) is 17.3 Å². The molecular formula is C10H16ClNS. The third-order valence-electron chi connectivity index (χ3n) is 2.15. The third-order valence-corrected chi connectivity index (χ3v) is 3.69. The largest absolute Gasteiger partial charge is 0.319 e. The Kier molecular flexibility index (Phi) is 4.23. The number of aryl methyl sites for hydroxylation is 1. The van der Waals surface area contributed by atoms with Gasteiger partial charge in [-0.15, -0.1) is 11.3 Å². The van der Waals surface area contributed by atoms with Gasteiger partial charge >= 0.3 is 0 Å². The molecule has 1 heterocycles. The molecule has 1 atom stereocenters.